The van der Waals surface area contributed by atoms with Gasteiger partial charge in [-0.05, 0) is 19.8 Å². The second kappa shape index (κ2) is 7.00. The molecule has 0 amide bonds. The van der Waals surface area contributed by atoms with E-state index in [1.54, 1.807) is 0 Å². The normalized spacial score (nSPS) is 16.5. The van der Waals surface area contributed by atoms with Gasteiger partial charge in [0, 0.05) is 24.7 Å². The lowest BCUT2D eigenvalue weighted by Gasteiger charge is -2.30. The Balaban J connectivity index is 2.02. The highest BCUT2D eigenvalue weighted by molar-refractivity contribution is 6.66. The number of halogens is 3. The third kappa shape index (κ3) is 4.09. The number of aromatic nitrogens is 3. The van der Waals surface area contributed by atoms with E-state index >= 15 is 0 Å². The summed E-state index contributed by atoms with van der Waals surface area (Å²) in [6, 6.07) is 8.10. The van der Waals surface area contributed by atoms with Crippen LogP contribution < -0.4 is 10.6 Å². The zero-order valence-corrected chi connectivity index (χ0v) is 15.5. The number of piperidine rings is 1. The molecule has 1 fully saturated rings. The van der Waals surface area contributed by atoms with Crippen LogP contribution in [0.15, 0.2) is 24.3 Å². The van der Waals surface area contributed by atoms with Gasteiger partial charge in [0.1, 0.15) is 0 Å². The number of nitrogens with two attached hydrogens (primary N) is 1. The van der Waals surface area contributed by atoms with E-state index in [0.29, 0.717) is 11.8 Å². The van der Waals surface area contributed by atoms with Crippen molar-refractivity contribution in [2.75, 3.05) is 18.0 Å². The minimum Gasteiger partial charge on any atom is -0.341 e. The molecule has 1 aromatic heterocycles. The summed E-state index contributed by atoms with van der Waals surface area (Å²) in [5.74, 6) is 1.15. The molecule has 0 bridgehead atoms. The number of anilines is 1. The van der Waals surface area contributed by atoms with Crippen molar-refractivity contribution in [3.8, 4) is 11.4 Å². The van der Waals surface area contributed by atoms with Crippen molar-refractivity contribution in [2.45, 2.75) is 29.6 Å². The maximum atomic E-state index is 6.02. The van der Waals surface area contributed by atoms with Crippen LogP contribution in [0.3, 0.4) is 0 Å². The van der Waals surface area contributed by atoms with Crippen LogP contribution in [0, 0.1) is 6.92 Å². The quantitative estimate of drug-likeness (QED) is 0.799. The highest BCUT2D eigenvalue weighted by Crippen LogP contribution is 2.37. The summed E-state index contributed by atoms with van der Waals surface area (Å²) in [6.07, 6.45) is 1.77. The van der Waals surface area contributed by atoms with E-state index in [9.17, 15) is 0 Å². The van der Waals surface area contributed by atoms with E-state index in [-0.39, 0.29) is 11.9 Å². The number of benzene rings is 1. The van der Waals surface area contributed by atoms with Crippen LogP contribution in [0.2, 0.25) is 0 Å². The number of hydrogen-bond donors (Lipinski definition) is 1. The maximum absolute atomic E-state index is 6.02. The van der Waals surface area contributed by atoms with Crippen LogP contribution in [-0.2, 0) is 3.79 Å². The van der Waals surface area contributed by atoms with Crippen LogP contribution in [0.5, 0.6) is 0 Å². The van der Waals surface area contributed by atoms with E-state index in [2.05, 4.69) is 19.9 Å². The molecule has 2 aromatic rings. The zero-order chi connectivity index (χ0) is 17.3. The lowest BCUT2D eigenvalue weighted by Crippen LogP contribution is -2.40. The topological polar surface area (TPSA) is 67.9 Å². The first-order valence-electron chi connectivity index (χ1n) is 7.74. The van der Waals surface area contributed by atoms with E-state index < -0.39 is 3.79 Å². The van der Waals surface area contributed by atoms with Gasteiger partial charge in [0.25, 0.3) is 0 Å². The third-order valence-electron chi connectivity index (χ3n) is 4.01. The summed E-state index contributed by atoms with van der Waals surface area (Å²) in [7, 11) is 0. The first kappa shape index (κ1) is 17.7. The average Bonchev–Trinajstić information content (AvgIpc) is 2.55. The van der Waals surface area contributed by atoms with Gasteiger partial charge in [0.15, 0.2) is 11.6 Å². The van der Waals surface area contributed by atoms with Gasteiger partial charge < -0.3 is 10.6 Å². The van der Waals surface area contributed by atoms with Crippen molar-refractivity contribution in [3.05, 3.63) is 35.7 Å². The molecule has 0 saturated carbocycles. The number of hydrogen-bond acceptors (Lipinski definition) is 5. The molecule has 1 saturated heterocycles. The number of alkyl halides is 3. The highest BCUT2D eigenvalue weighted by atomic mass is 35.6. The Morgan fingerprint density at radius 1 is 1.04 bits per heavy atom. The van der Waals surface area contributed by atoms with Crippen molar-refractivity contribution in [1.29, 1.82) is 0 Å². The summed E-state index contributed by atoms with van der Waals surface area (Å²) < 4.78 is -1.71. The van der Waals surface area contributed by atoms with Gasteiger partial charge in [-0.3, -0.25) is 0 Å². The molecular weight excluding hydrogens is 369 g/mol. The molecule has 5 nitrogen and oxygen atoms in total. The Bertz CT molecular complexity index is 707. The predicted octanol–water partition coefficient (Wildman–Crippen LogP) is 3.60. The van der Waals surface area contributed by atoms with Gasteiger partial charge >= 0.3 is 0 Å². The van der Waals surface area contributed by atoms with Crippen molar-refractivity contribution < 1.29 is 0 Å². The maximum Gasteiger partial charge on any atom is 0.250 e. The van der Waals surface area contributed by atoms with Gasteiger partial charge in [-0.1, -0.05) is 64.6 Å². The molecule has 0 radical (unpaired) electrons. The van der Waals surface area contributed by atoms with E-state index in [1.807, 2.05) is 31.2 Å². The summed E-state index contributed by atoms with van der Waals surface area (Å²) in [5, 5.41) is 0. The molecule has 0 atom stereocenters. The molecular formula is C16H18Cl3N5. The van der Waals surface area contributed by atoms with Gasteiger partial charge in [-0.25, -0.2) is 4.98 Å². The smallest absolute Gasteiger partial charge is 0.250 e. The van der Waals surface area contributed by atoms with Crippen molar-refractivity contribution in [1.82, 2.24) is 15.0 Å². The van der Waals surface area contributed by atoms with Crippen LogP contribution in [0.4, 0.5) is 5.95 Å². The van der Waals surface area contributed by atoms with Crippen molar-refractivity contribution in [2.24, 2.45) is 5.73 Å². The molecule has 2 N–H and O–H groups in total. The molecule has 0 spiro atoms. The van der Waals surface area contributed by atoms with E-state index in [1.165, 1.54) is 0 Å². The lowest BCUT2D eigenvalue weighted by molar-refractivity contribution is 0.494. The zero-order valence-electron chi connectivity index (χ0n) is 13.2. The van der Waals surface area contributed by atoms with Crippen LogP contribution >= 0.6 is 34.8 Å². The van der Waals surface area contributed by atoms with Crippen LogP contribution in [-0.4, -0.2) is 34.1 Å². The second-order valence-electron chi connectivity index (χ2n) is 5.97. The fourth-order valence-electron chi connectivity index (χ4n) is 2.56. The minimum atomic E-state index is -1.71. The van der Waals surface area contributed by atoms with Crippen molar-refractivity contribution >= 4 is 40.8 Å². The molecule has 1 aliphatic rings. The van der Waals surface area contributed by atoms with Gasteiger partial charge in [0.05, 0.1) is 0 Å². The second-order valence-corrected chi connectivity index (χ2v) is 8.25. The molecule has 128 valence electrons. The lowest BCUT2D eigenvalue weighted by atomic mass is 10.1. The predicted molar refractivity (Wildman–Crippen MR) is 98.7 cm³/mol. The summed E-state index contributed by atoms with van der Waals surface area (Å²) in [4.78, 5) is 15.3. The Hall–Kier alpha value is -1.14. The monoisotopic (exact) mass is 385 g/mol. The fraction of sp³-hybridized carbons (Fsp3) is 0.438. The standard InChI is InChI=1S/C16H18Cl3N5/c1-10-2-4-11(5-3-10)13-21-14(16(17,18)19)23-15(22-13)24-8-6-12(20)7-9-24/h2-5,12H,6-9,20H2,1H3. The first-order chi connectivity index (χ1) is 11.3. The molecule has 8 heteroatoms. The highest BCUT2D eigenvalue weighted by Gasteiger charge is 2.30. The molecule has 2 heterocycles. The summed E-state index contributed by atoms with van der Waals surface area (Å²) >= 11 is 18.1. The Morgan fingerprint density at radius 3 is 2.25 bits per heavy atom. The number of nitrogens with zero attached hydrogens (tertiary/aromatic N) is 4. The molecule has 1 aliphatic heterocycles. The molecule has 24 heavy (non-hydrogen) atoms. The molecule has 1 aromatic carbocycles. The largest absolute Gasteiger partial charge is 0.341 e. The van der Waals surface area contributed by atoms with E-state index in [0.717, 1.165) is 37.1 Å². The molecule has 0 aliphatic carbocycles. The SMILES string of the molecule is Cc1ccc(-c2nc(N3CCC(N)CC3)nc(C(Cl)(Cl)Cl)n2)cc1. The van der Waals surface area contributed by atoms with Gasteiger partial charge in [-0.15, -0.1) is 0 Å². The van der Waals surface area contributed by atoms with Crippen LogP contribution in [0.1, 0.15) is 24.2 Å². The van der Waals surface area contributed by atoms with E-state index in [4.69, 9.17) is 40.5 Å². The first-order valence-corrected chi connectivity index (χ1v) is 8.87. The third-order valence-corrected chi connectivity index (χ3v) is 4.52. The minimum absolute atomic E-state index is 0.128. The van der Waals surface area contributed by atoms with Crippen LogP contribution in [0.25, 0.3) is 11.4 Å². The fourth-order valence-corrected chi connectivity index (χ4v) is 2.82. The Kier molecular flexibility index (Phi) is 5.16. The molecule has 3 rings (SSSR count). The number of aryl methyl sites for hydroxylation is 1. The Morgan fingerprint density at radius 2 is 1.67 bits per heavy atom. The average molecular weight is 387 g/mol. The van der Waals surface area contributed by atoms with Gasteiger partial charge in [0.2, 0.25) is 9.74 Å². The van der Waals surface area contributed by atoms with Gasteiger partial charge in [-0.2, -0.15) is 9.97 Å². The summed E-state index contributed by atoms with van der Waals surface area (Å²) in [5.41, 5.74) is 7.97. The molecule has 0 unspecified atom stereocenters. The summed E-state index contributed by atoms with van der Waals surface area (Å²) in [6.45, 7) is 3.57. The van der Waals surface area contributed by atoms with Crippen molar-refractivity contribution in [3.63, 3.8) is 0 Å². The Labute approximate surface area is 156 Å². The number of rotatable bonds is 2.